The third kappa shape index (κ3) is 4.12. The van der Waals surface area contributed by atoms with E-state index in [9.17, 15) is 8.42 Å². The summed E-state index contributed by atoms with van der Waals surface area (Å²) in [5.74, 6) is 0. The van der Waals surface area contributed by atoms with Crippen LogP contribution in [0.15, 0.2) is 0 Å². The van der Waals surface area contributed by atoms with Gasteiger partial charge in [-0.25, -0.2) is 0 Å². The molecule has 0 saturated carbocycles. The highest BCUT2D eigenvalue weighted by Gasteiger charge is 1.62. The first-order valence-corrected chi connectivity index (χ1v) is 4.30. The summed E-state index contributed by atoms with van der Waals surface area (Å²) >= 11 is 0. The SMILES string of the molecule is CCP=S(=O)=O. The Labute approximate surface area is 39.6 Å². The van der Waals surface area contributed by atoms with Gasteiger partial charge >= 0.3 is 0 Å². The van der Waals surface area contributed by atoms with Gasteiger partial charge in [0, 0.05) is 13.5 Å². The Balaban J connectivity index is 3.78. The van der Waals surface area contributed by atoms with Crippen LogP contribution >= 0.6 is 7.36 Å². The van der Waals surface area contributed by atoms with Crippen molar-refractivity contribution in [3.63, 3.8) is 0 Å². The smallest absolute Gasteiger partial charge is 0.180 e. The fourth-order valence-corrected chi connectivity index (χ4v) is 0.949. The quantitative estimate of drug-likeness (QED) is 0.483. The van der Waals surface area contributed by atoms with Crippen LogP contribution in [0.4, 0.5) is 0 Å². The van der Waals surface area contributed by atoms with Crippen molar-refractivity contribution in [1.29, 1.82) is 0 Å². The Hall–Kier alpha value is 0.120. The Kier molecular flexibility index (Phi) is 3.38. The molecule has 0 spiro atoms. The largest absolute Gasteiger partial charge is 0.234 e. The summed E-state index contributed by atoms with van der Waals surface area (Å²) in [5, 5.41) is 0. The molecule has 0 fully saturated rings. The zero-order valence-electron chi connectivity index (χ0n) is 3.38. The molecular weight excluding hydrogens is 119 g/mol. The van der Waals surface area contributed by atoms with Crippen molar-refractivity contribution >= 4 is 17.2 Å². The molecule has 2 nitrogen and oxygen atoms in total. The minimum atomic E-state index is -1.84. The van der Waals surface area contributed by atoms with Crippen LogP contribution in [0.1, 0.15) is 6.92 Å². The maximum Gasteiger partial charge on any atom is 0.234 e. The van der Waals surface area contributed by atoms with Crippen LogP contribution in [0.3, 0.4) is 0 Å². The monoisotopic (exact) mass is 124 g/mol. The van der Waals surface area contributed by atoms with Gasteiger partial charge in [-0.1, -0.05) is 6.92 Å². The van der Waals surface area contributed by atoms with Crippen molar-refractivity contribution in [2.24, 2.45) is 0 Å². The van der Waals surface area contributed by atoms with Crippen molar-refractivity contribution < 1.29 is 8.42 Å². The van der Waals surface area contributed by atoms with Crippen LogP contribution in [-0.2, 0) is 9.88 Å². The molecule has 0 saturated heterocycles. The fourth-order valence-electron chi connectivity index (χ4n) is 0.105. The van der Waals surface area contributed by atoms with Crippen LogP contribution in [0.5, 0.6) is 0 Å². The summed E-state index contributed by atoms with van der Waals surface area (Å²) in [5.41, 5.74) is 0. The molecule has 0 heterocycles. The molecule has 36 valence electrons. The van der Waals surface area contributed by atoms with Crippen molar-refractivity contribution in [3.05, 3.63) is 0 Å². The second-order valence-corrected chi connectivity index (χ2v) is 3.66. The second kappa shape index (κ2) is 3.32. The molecule has 0 atom stereocenters. The molecule has 0 aromatic carbocycles. The topological polar surface area (TPSA) is 34.1 Å². The summed E-state index contributed by atoms with van der Waals surface area (Å²) in [6.45, 7) is 1.82. The third-order valence-corrected chi connectivity index (χ3v) is 2.11. The van der Waals surface area contributed by atoms with Gasteiger partial charge in [0.25, 0.3) is 0 Å². The molecule has 0 unspecified atom stereocenters. The summed E-state index contributed by atoms with van der Waals surface area (Å²) in [7, 11) is -1.35. The van der Waals surface area contributed by atoms with E-state index < -0.39 is 9.88 Å². The molecule has 0 aromatic heterocycles. The van der Waals surface area contributed by atoms with Gasteiger partial charge in [-0.05, 0) is 0 Å². The summed E-state index contributed by atoms with van der Waals surface area (Å²) in [6.07, 6.45) is 0.691. The second-order valence-electron chi connectivity index (χ2n) is 0.662. The van der Waals surface area contributed by atoms with Crippen LogP contribution < -0.4 is 0 Å². The molecule has 4 heteroatoms. The van der Waals surface area contributed by atoms with Gasteiger partial charge in [0.05, 0.1) is 0 Å². The molecule has 0 amide bonds. The molecule has 0 aliphatic rings. The Bertz CT molecular complexity index is 126. The van der Waals surface area contributed by atoms with Crippen molar-refractivity contribution in [2.45, 2.75) is 6.92 Å². The molecule has 0 bridgehead atoms. The lowest BCUT2D eigenvalue weighted by molar-refractivity contribution is 0.628. The molecule has 6 heavy (non-hydrogen) atoms. The number of hydrogen-bond acceptors (Lipinski definition) is 2. The van der Waals surface area contributed by atoms with Gasteiger partial charge in [-0.3, -0.25) is 0 Å². The average Bonchev–Trinajstić information content (AvgIpc) is 1.35. The molecule has 0 aliphatic carbocycles. The van der Waals surface area contributed by atoms with Crippen LogP contribution in [-0.4, -0.2) is 14.6 Å². The fraction of sp³-hybridized carbons (Fsp3) is 1.00. The van der Waals surface area contributed by atoms with E-state index in [0.717, 1.165) is 0 Å². The van der Waals surface area contributed by atoms with Crippen molar-refractivity contribution in [1.82, 2.24) is 0 Å². The molecule has 0 radical (unpaired) electrons. The lowest BCUT2D eigenvalue weighted by Gasteiger charge is -1.56. The van der Waals surface area contributed by atoms with Gasteiger partial charge < -0.3 is 0 Å². The normalized spacial score (nSPS) is 8.83. The molecular formula is C2H5O2PS. The van der Waals surface area contributed by atoms with E-state index in [2.05, 4.69) is 0 Å². The van der Waals surface area contributed by atoms with E-state index in [4.69, 9.17) is 0 Å². The average molecular weight is 124 g/mol. The summed E-state index contributed by atoms with van der Waals surface area (Å²) in [4.78, 5) is 0. The summed E-state index contributed by atoms with van der Waals surface area (Å²) < 4.78 is 19.2. The van der Waals surface area contributed by atoms with Crippen LogP contribution in [0.2, 0.25) is 0 Å². The Morgan fingerprint density at radius 1 is 1.67 bits per heavy atom. The van der Waals surface area contributed by atoms with E-state index >= 15 is 0 Å². The Morgan fingerprint density at radius 3 is 2.17 bits per heavy atom. The highest BCUT2D eigenvalue weighted by atomic mass is 32.5. The van der Waals surface area contributed by atoms with Crippen LogP contribution in [0, 0.1) is 0 Å². The first-order valence-electron chi connectivity index (χ1n) is 1.54. The van der Waals surface area contributed by atoms with Gasteiger partial charge in [-0.2, -0.15) is 8.42 Å². The molecule has 0 rings (SSSR count). The van der Waals surface area contributed by atoms with Gasteiger partial charge in [-0.15, -0.1) is 0 Å². The van der Waals surface area contributed by atoms with Crippen molar-refractivity contribution in [2.75, 3.05) is 6.16 Å². The maximum atomic E-state index is 9.59. The zero-order valence-corrected chi connectivity index (χ0v) is 5.09. The first kappa shape index (κ1) is 6.12. The summed E-state index contributed by atoms with van der Waals surface area (Å²) in [6, 6.07) is 0. The highest BCUT2D eigenvalue weighted by Crippen LogP contribution is 1.88. The minimum absolute atomic E-state index is 0.495. The molecule has 0 N–H and O–H groups in total. The number of rotatable bonds is 1. The van der Waals surface area contributed by atoms with E-state index in [1.165, 1.54) is 0 Å². The lowest BCUT2D eigenvalue weighted by atomic mass is 11.0. The Morgan fingerprint density at radius 2 is 2.17 bits per heavy atom. The van der Waals surface area contributed by atoms with Gasteiger partial charge in [0.15, 0.2) is 0 Å². The van der Waals surface area contributed by atoms with Crippen LogP contribution in [0.25, 0.3) is 0 Å². The van der Waals surface area contributed by atoms with Gasteiger partial charge in [0.2, 0.25) is 9.88 Å². The third-order valence-electron chi connectivity index (χ3n) is 0.235. The highest BCUT2D eigenvalue weighted by molar-refractivity contribution is 8.04. The molecule has 0 aliphatic heterocycles. The predicted octanol–water partition coefficient (Wildman–Crippen LogP) is 0.747. The van der Waals surface area contributed by atoms with E-state index in [0.29, 0.717) is 13.5 Å². The number of hydrogen-bond donors (Lipinski definition) is 0. The standard InChI is InChI=1S/C2H5O2PS/c1-2-5-6(3)4/h2H2,1H3. The maximum absolute atomic E-state index is 9.59. The van der Waals surface area contributed by atoms with E-state index in [-0.39, 0.29) is 0 Å². The lowest BCUT2D eigenvalue weighted by Crippen LogP contribution is -1.48. The first-order chi connectivity index (χ1) is 2.77. The molecule has 0 aromatic rings. The zero-order chi connectivity index (χ0) is 4.99. The predicted molar refractivity (Wildman–Crippen MR) is 26.4 cm³/mol. The van der Waals surface area contributed by atoms with E-state index in [1.807, 2.05) is 6.92 Å². The van der Waals surface area contributed by atoms with Gasteiger partial charge in [0.1, 0.15) is 0 Å². The minimum Gasteiger partial charge on any atom is -0.180 e. The van der Waals surface area contributed by atoms with E-state index in [1.54, 1.807) is 0 Å². The van der Waals surface area contributed by atoms with Crippen molar-refractivity contribution in [3.8, 4) is 0 Å².